The zero-order valence-corrected chi connectivity index (χ0v) is 11.6. The summed E-state index contributed by atoms with van der Waals surface area (Å²) in [5.41, 5.74) is 0. The van der Waals surface area contributed by atoms with Crippen molar-refractivity contribution in [1.82, 2.24) is 10.2 Å². The van der Waals surface area contributed by atoms with Gasteiger partial charge in [-0.15, -0.1) is 0 Å². The average Bonchev–Trinajstić information content (AvgIpc) is 2.83. The molecule has 1 N–H and O–H groups in total. The highest BCUT2D eigenvalue weighted by molar-refractivity contribution is 7.99. The Morgan fingerprint density at radius 2 is 2.12 bits per heavy atom. The number of carbonyl (C=O) groups excluding carboxylic acids is 1. The van der Waals surface area contributed by atoms with E-state index in [-0.39, 0.29) is 0 Å². The summed E-state index contributed by atoms with van der Waals surface area (Å²) >= 11 is 2.01. The van der Waals surface area contributed by atoms with E-state index in [0.717, 1.165) is 25.6 Å². The maximum atomic E-state index is 12.0. The minimum atomic E-state index is 0.343. The highest BCUT2D eigenvalue weighted by Crippen LogP contribution is 2.18. The van der Waals surface area contributed by atoms with Crippen LogP contribution < -0.4 is 5.32 Å². The van der Waals surface area contributed by atoms with Crippen LogP contribution in [0.15, 0.2) is 0 Å². The van der Waals surface area contributed by atoms with Gasteiger partial charge in [0.2, 0.25) is 5.91 Å². The number of nitrogens with one attached hydrogen (secondary N) is 1. The van der Waals surface area contributed by atoms with E-state index in [4.69, 9.17) is 0 Å². The van der Waals surface area contributed by atoms with E-state index < -0.39 is 0 Å². The number of carbonyl (C=O) groups is 1. The van der Waals surface area contributed by atoms with Crippen molar-refractivity contribution in [2.45, 2.75) is 38.6 Å². The lowest BCUT2D eigenvalue weighted by molar-refractivity contribution is -0.132. The Hall–Kier alpha value is -0.220. The average molecular weight is 256 g/mol. The van der Waals surface area contributed by atoms with Crippen molar-refractivity contribution in [2.75, 3.05) is 31.1 Å². The number of thioether (sulfide) groups is 1. The summed E-state index contributed by atoms with van der Waals surface area (Å²) in [4.78, 5) is 14.0. The van der Waals surface area contributed by atoms with E-state index in [9.17, 15) is 4.79 Å². The van der Waals surface area contributed by atoms with E-state index in [1.807, 2.05) is 16.7 Å². The SMILES string of the molecule is CC1CCN(C(=O)CCN[C@H]2CCSC2)CC1. The van der Waals surface area contributed by atoms with Crippen molar-refractivity contribution in [3.05, 3.63) is 0 Å². The molecule has 3 nitrogen and oxygen atoms in total. The molecule has 1 amide bonds. The molecule has 0 radical (unpaired) electrons. The molecule has 0 bridgehead atoms. The normalized spacial score (nSPS) is 26.4. The fourth-order valence-corrected chi connectivity index (χ4v) is 3.68. The lowest BCUT2D eigenvalue weighted by Gasteiger charge is -2.30. The summed E-state index contributed by atoms with van der Waals surface area (Å²) in [7, 11) is 0. The Kier molecular flexibility index (Phi) is 5.16. The third-order valence-electron chi connectivity index (χ3n) is 3.84. The molecule has 2 aliphatic heterocycles. The van der Waals surface area contributed by atoms with Crippen LogP contribution in [-0.4, -0.2) is 48.0 Å². The number of rotatable bonds is 4. The second kappa shape index (κ2) is 6.64. The molecule has 1 atom stereocenters. The molecule has 0 aromatic carbocycles. The molecule has 2 saturated heterocycles. The van der Waals surface area contributed by atoms with E-state index in [1.165, 1.54) is 30.8 Å². The molecule has 2 heterocycles. The van der Waals surface area contributed by atoms with Gasteiger partial charge in [0, 0.05) is 37.8 Å². The number of amides is 1. The lowest BCUT2D eigenvalue weighted by atomic mass is 9.99. The van der Waals surface area contributed by atoms with E-state index >= 15 is 0 Å². The van der Waals surface area contributed by atoms with Crippen LogP contribution >= 0.6 is 11.8 Å². The highest BCUT2D eigenvalue weighted by Gasteiger charge is 2.20. The first-order valence-corrected chi connectivity index (χ1v) is 8.00. The molecule has 98 valence electrons. The van der Waals surface area contributed by atoms with Gasteiger partial charge in [-0.2, -0.15) is 11.8 Å². The summed E-state index contributed by atoms with van der Waals surface area (Å²) in [5, 5.41) is 3.49. The van der Waals surface area contributed by atoms with Crippen molar-refractivity contribution in [2.24, 2.45) is 5.92 Å². The Bertz CT molecular complexity index is 246. The van der Waals surface area contributed by atoms with Gasteiger partial charge in [0.1, 0.15) is 0 Å². The molecule has 0 aromatic heterocycles. The standard InChI is InChI=1S/C13H24N2OS/c1-11-3-7-15(8-4-11)13(16)2-6-14-12-5-9-17-10-12/h11-12,14H,2-10H2,1H3/t12-/m0/s1. The monoisotopic (exact) mass is 256 g/mol. The Labute approximate surface area is 109 Å². The first-order chi connectivity index (χ1) is 8.25. The van der Waals surface area contributed by atoms with E-state index in [0.29, 0.717) is 18.4 Å². The Balaban J connectivity index is 1.60. The Morgan fingerprint density at radius 1 is 1.35 bits per heavy atom. The molecule has 0 aliphatic carbocycles. The first-order valence-electron chi connectivity index (χ1n) is 6.84. The minimum Gasteiger partial charge on any atom is -0.343 e. The maximum absolute atomic E-state index is 12.0. The maximum Gasteiger partial charge on any atom is 0.223 e. The van der Waals surface area contributed by atoms with Gasteiger partial charge in [0.25, 0.3) is 0 Å². The van der Waals surface area contributed by atoms with Crippen molar-refractivity contribution < 1.29 is 4.79 Å². The quantitative estimate of drug-likeness (QED) is 0.831. The van der Waals surface area contributed by atoms with Gasteiger partial charge in [-0.3, -0.25) is 4.79 Å². The van der Waals surface area contributed by atoms with Gasteiger partial charge in [-0.25, -0.2) is 0 Å². The van der Waals surface area contributed by atoms with Crippen molar-refractivity contribution in [1.29, 1.82) is 0 Å². The second-order valence-corrected chi connectivity index (χ2v) is 6.48. The first kappa shape index (κ1) is 13.2. The molecule has 2 aliphatic rings. The van der Waals surface area contributed by atoms with Gasteiger partial charge in [-0.1, -0.05) is 6.92 Å². The second-order valence-electron chi connectivity index (χ2n) is 5.33. The number of likely N-dealkylation sites (tertiary alicyclic amines) is 1. The minimum absolute atomic E-state index is 0.343. The van der Waals surface area contributed by atoms with Gasteiger partial charge >= 0.3 is 0 Å². The van der Waals surface area contributed by atoms with Gasteiger partial charge in [0.05, 0.1) is 0 Å². The third kappa shape index (κ3) is 4.18. The summed E-state index contributed by atoms with van der Waals surface area (Å²) in [6.45, 7) is 5.08. The van der Waals surface area contributed by atoms with Crippen LogP contribution in [0.2, 0.25) is 0 Å². The van der Waals surface area contributed by atoms with Gasteiger partial charge in [-0.05, 0) is 30.9 Å². The molecule has 4 heteroatoms. The van der Waals surface area contributed by atoms with Crippen LogP contribution in [0.4, 0.5) is 0 Å². The molecule has 0 spiro atoms. The van der Waals surface area contributed by atoms with Crippen LogP contribution in [0.5, 0.6) is 0 Å². The zero-order valence-electron chi connectivity index (χ0n) is 10.8. The van der Waals surface area contributed by atoms with Crippen molar-refractivity contribution in [3.8, 4) is 0 Å². The molecule has 0 aromatic rings. The molecular formula is C13H24N2OS. The number of nitrogens with zero attached hydrogens (tertiary/aromatic N) is 1. The van der Waals surface area contributed by atoms with Crippen molar-refractivity contribution >= 4 is 17.7 Å². The molecule has 0 saturated carbocycles. The number of hydrogen-bond donors (Lipinski definition) is 1. The smallest absolute Gasteiger partial charge is 0.223 e. The van der Waals surface area contributed by atoms with Gasteiger partial charge in [0.15, 0.2) is 0 Å². The van der Waals surface area contributed by atoms with E-state index in [2.05, 4.69) is 12.2 Å². The van der Waals surface area contributed by atoms with Gasteiger partial charge < -0.3 is 10.2 Å². The predicted molar refractivity (Wildman–Crippen MR) is 73.3 cm³/mol. The Morgan fingerprint density at radius 3 is 2.76 bits per heavy atom. The van der Waals surface area contributed by atoms with Crippen molar-refractivity contribution in [3.63, 3.8) is 0 Å². The topological polar surface area (TPSA) is 32.3 Å². The van der Waals surface area contributed by atoms with Crippen LogP contribution in [0.25, 0.3) is 0 Å². The van der Waals surface area contributed by atoms with Crippen LogP contribution in [0.1, 0.15) is 32.6 Å². The third-order valence-corrected chi connectivity index (χ3v) is 5.00. The van der Waals surface area contributed by atoms with Crippen LogP contribution in [-0.2, 0) is 4.79 Å². The predicted octanol–water partition coefficient (Wildman–Crippen LogP) is 1.73. The largest absolute Gasteiger partial charge is 0.343 e. The number of hydrogen-bond acceptors (Lipinski definition) is 3. The van der Waals surface area contributed by atoms with E-state index in [1.54, 1.807) is 0 Å². The summed E-state index contributed by atoms with van der Waals surface area (Å²) in [5.74, 6) is 3.63. The molecule has 17 heavy (non-hydrogen) atoms. The number of piperidine rings is 1. The molecule has 0 unspecified atom stereocenters. The zero-order chi connectivity index (χ0) is 12.1. The lowest BCUT2D eigenvalue weighted by Crippen LogP contribution is -2.40. The molecule has 2 rings (SSSR count). The summed E-state index contributed by atoms with van der Waals surface area (Å²) in [6, 6.07) is 0.647. The molecular weight excluding hydrogens is 232 g/mol. The summed E-state index contributed by atoms with van der Waals surface area (Å²) in [6.07, 6.45) is 4.30. The summed E-state index contributed by atoms with van der Waals surface area (Å²) < 4.78 is 0. The van der Waals surface area contributed by atoms with Crippen LogP contribution in [0, 0.1) is 5.92 Å². The highest BCUT2D eigenvalue weighted by atomic mass is 32.2. The fourth-order valence-electron chi connectivity index (χ4n) is 2.49. The van der Waals surface area contributed by atoms with Crippen LogP contribution in [0.3, 0.4) is 0 Å². The molecule has 2 fully saturated rings. The fraction of sp³-hybridized carbons (Fsp3) is 0.923.